The van der Waals surface area contributed by atoms with Crippen LogP contribution in [0.2, 0.25) is 0 Å². The second-order valence-corrected chi connectivity index (χ2v) is 4.04. The maximum atomic E-state index is 11.9. The molecule has 104 valence electrons. The number of nitrogens with one attached hydrogen (secondary N) is 2. The van der Waals surface area contributed by atoms with Crippen LogP contribution in [0.3, 0.4) is 0 Å². The summed E-state index contributed by atoms with van der Waals surface area (Å²) in [6.07, 6.45) is 0. The number of ether oxygens (including phenoxy) is 1. The van der Waals surface area contributed by atoms with Crippen LogP contribution in [0.1, 0.15) is 10.4 Å². The van der Waals surface area contributed by atoms with Crippen molar-refractivity contribution >= 4 is 17.5 Å². The number of hydrogen-bond acceptors (Lipinski definition) is 5. The molecule has 0 unspecified atom stereocenters. The van der Waals surface area contributed by atoms with Crippen LogP contribution in [0, 0.1) is 0 Å². The highest BCUT2D eigenvalue weighted by Gasteiger charge is 2.06. The van der Waals surface area contributed by atoms with Crippen LogP contribution in [0.4, 0.5) is 11.6 Å². The van der Waals surface area contributed by atoms with E-state index in [9.17, 15) is 4.79 Å². The normalized spacial score (nSPS) is 10.1. The van der Waals surface area contributed by atoms with E-state index in [0.29, 0.717) is 30.4 Å². The third-order valence-corrected chi connectivity index (χ3v) is 2.55. The number of carbonyl (C=O) groups excluding carboxylic acids is 1. The minimum Gasteiger partial charge on any atom is -0.383 e. The van der Waals surface area contributed by atoms with Gasteiger partial charge >= 0.3 is 0 Å². The molecule has 0 bridgehead atoms. The van der Waals surface area contributed by atoms with E-state index in [0.717, 1.165) is 0 Å². The molecule has 1 amide bonds. The molecule has 1 aromatic carbocycles. The smallest absolute Gasteiger partial charge is 0.256 e. The maximum Gasteiger partial charge on any atom is 0.256 e. The van der Waals surface area contributed by atoms with E-state index < -0.39 is 0 Å². The summed E-state index contributed by atoms with van der Waals surface area (Å²) in [6.45, 7) is 1.25. The van der Waals surface area contributed by atoms with Crippen molar-refractivity contribution in [1.82, 2.24) is 10.2 Å². The van der Waals surface area contributed by atoms with Crippen LogP contribution in [-0.4, -0.2) is 36.4 Å². The summed E-state index contributed by atoms with van der Waals surface area (Å²) < 4.78 is 4.92. The van der Waals surface area contributed by atoms with Gasteiger partial charge in [-0.3, -0.25) is 4.79 Å². The van der Waals surface area contributed by atoms with Gasteiger partial charge in [-0.05, 0) is 24.3 Å². The number of anilines is 2. The average Bonchev–Trinajstić information content (AvgIpc) is 2.50. The molecule has 1 heterocycles. The molecule has 0 atom stereocenters. The summed E-state index contributed by atoms with van der Waals surface area (Å²) >= 11 is 0. The second-order valence-electron chi connectivity index (χ2n) is 4.04. The molecule has 2 rings (SSSR count). The van der Waals surface area contributed by atoms with Crippen molar-refractivity contribution in [2.75, 3.05) is 30.9 Å². The molecule has 2 N–H and O–H groups in total. The van der Waals surface area contributed by atoms with Crippen LogP contribution < -0.4 is 10.6 Å². The van der Waals surface area contributed by atoms with Crippen molar-refractivity contribution in [2.24, 2.45) is 0 Å². The number of rotatable bonds is 6. The minimum atomic E-state index is -0.208. The molecule has 0 aliphatic carbocycles. The Bertz CT molecular complexity index is 543. The van der Waals surface area contributed by atoms with Crippen molar-refractivity contribution in [2.45, 2.75) is 0 Å². The Morgan fingerprint density at radius 3 is 2.45 bits per heavy atom. The highest BCUT2D eigenvalue weighted by atomic mass is 16.5. The summed E-state index contributed by atoms with van der Waals surface area (Å²) in [6, 6.07) is 12.4. The molecule has 6 heteroatoms. The molecule has 0 radical (unpaired) electrons. The van der Waals surface area contributed by atoms with Crippen LogP contribution in [0.15, 0.2) is 42.5 Å². The molecule has 0 saturated carbocycles. The Morgan fingerprint density at radius 2 is 1.80 bits per heavy atom. The highest BCUT2D eigenvalue weighted by Crippen LogP contribution is 2.08. The minimum absolute atomic E-state index is 0.208. The van der Waals surface area contributed by atoms with Crippen molar-refractivity contribution < 1.29 is 9.53 Å². The van der Waals surface area contributed by atoms with Crippen LogP contribution >= 0.6 is 0 Å². The monoisotopic (exact) mass is 272 g/mol. The van der Waals surface area contributed by atoms with Gasteiger partial charge in [-0.15, -0.1) is 10.2 Å². The van der Waals surface area contributed by atoms with Crippen molar-refractivity contribution in [1.29, 1.82) is 0 Å². The topological polar surface area (TPSA) is 76.1 Å². The summed E-state index contributed by atoms with van der Waals surface area (Å²) in [7, 11) is 1.63. The molecule has 2 aromatic rings. The van der Waals surface area contributed by atoms with Gasteiger partial charge in [0.25, 0.3) is 5.91 Å². The number of aromatic nitrogens is 2. The Labute approximate surface area is 117 Å². The van der Waals surface area contributed by atoms with E-state index in [2.05, 4.69) is 20.8 Å². The van der Waals surface area contributed by atoms with E-state index in [-0.39, 0.29) is 5.91 Å². The quantitative estimate of drug-likeness (QED) is 0.784. The zero-order valence-electron chi connectivity index (χ0n) is 11.2. The van der Waals surface area contributed by atoms with Gasteiger partial charge in [0.2, 0.25) is 0 Å². The van der Waals surface area contributed by atoms with E-state index in [4.69, 9.17) is 4.74 Å². The number of methoxy groups -OCH3 is 1. The Balaban J connectivity index is 1.92. The maximum absolute atomic E-state index is 11.9. The molecule has 0 aliphatic heterocycles. The summed E-state index contributed by atoms with van der Waals surface area (Å²) in [4.78, 5) is 11.9. The lowest BCUT2D eigenvalue weighted by Crippen LogP contribution is -2.14. The first-order chi connectivity index (χ1) is 9.79. The van der Waals surface area contributed by atoms with E-state index in [1.54, 1.807) is 31.4 Å². The first kappa shape index (κ1) is 14.0. The SMILES string of the molecule is COCCNc1ccc(NC(=O)c2ccccc2)nn1. The predicted molar refractivity (Wildman–Crippen MR) is 76.8 cm³/mol. The molecule has 0 saturated heterocycles. The predicted octanol–water partition coefficient (Wildman–Crippen LogP) is 1.79. The van der Waals surface area contributed by atoms with E-state index >= 15 is 0 Å². The van der Waals surface area contributed by atoms with Gasteiger partial charge in [-0.1, -0.05) is 18.2 Å². The summed E-state index contributed by atoms with van der Waals surface area (Å²) in [5.74, 6) is 0.843. The van der Waals surface area contributed by atoms with Crippen LogP contribution in [0.5, 0.6) is 0 Å². The number of benzene rings is 1. The Morgan fingerprint density at radius 1 is 1.10 bits per heavy atom. The molecule has 20 heavy (non-hydrogen) atoms. The Hall–Kier alpha value is -2.47. The standard InChI is InChI=1S/C14H16N4O2/c1-20-10-9-15-12-7-8-13(18-17-12)16-14(19)11-5-3-2-4-6-11/h2-8H,9-10H2,1H3,(H,15,17)(H,16,18,19). The van der Waals surface area contributed by atoms with E-state index in [1.807, 2.05) is 18.2 Å². The third kappa shape index (κ3) is 4.03. The van der Waals surface area contributed by atoms with Crippen LogP contribution in [-0.2, 0) is 4.74 Å². The van der Waals surface area contributed by atoms with Gasteiger partial charge < -0.3 is 15.4 Å². The lowest BCUT2D eigenvalue weighted by atomic mass is 10.2. The van der Waals surface area contributed by atoms with Crippen molar-refractivity contribution in [3.63, 3.8) is 0 Å². The summed E-state index contributed by atoms with van der Waals surface area (Å²) in [5.41, 5.74) is 0.580. The Kier molecular flexibility index (Phi) is 5.02. The zero-order valence-corrected chi connectivity index (χ0v) is 11.2. The molecule has 1 aromatic heterocycles. The molecule has 6 nitrogen and oxygen atoms in total. The molecular formula is C14H16N4O2. The fraction of sp³-hybridized carbons (Fsp3) is 0.214. The largest absolute Gasteiger partial charge is 0.383 e. The van der Waals surface area contributed by atoms with Gasteiger partial charge in [-0.2, -0.15) is 0 Å². The van der Waals surface area contributed by atoms with Gasteiger partial charge in [0.1, 0.15) is 5.82 Å². The highest BCUT2D eigenvalue weighted by molar-refractivity contribution is 6.03. The average molecular weight is 272 g/mol. The van der Waals surface area contributed by atoms with Gasteiger partial charge in [0, 0.05) is 19.2 Å². The van der Waals surface area contributed by atoms with Crippen molar-refractivity contribution in [3.05, 3.63) is 48.0 Å². The second kappa shape index (κ2) is 7.20. The zero-order chi connectivity index (χ0) is 14.2. The number of hydrogen-bond donors (Lipinski definition) is 2. The molecule has 0 fully saturated rings. The summed E-state index contributed by atoms with van der Waals surface area (Å²) in [5, 5.41) is 13.6. The number of nitrogens with zero attached hydrogens (tertiary/aromatic N) is 2. The van der Waals surface area contributed by atoms with Crippen molar-refractivity contribution in [3.8, 4) is 0 Å². The van der Waals surface area contributed by atoms with Gasteiger partial charge in [-0.25, -0.2) is 0 Å². The third-order valence-electron chi connectivity index (χ3n) is 2.55. The van der Waals surface area contributed by atoms with E-state index in [1.165, 1.54) is 0 Å². The lowest BCUT2D eigenvalue weighted by Gasteiger charge is -2.06. The van der Waals surface area contributed by atoms with Gasteiger partial charge in [0.15, 0.2) is 5.82 Å². The number of amides is 1. The molecule has 0 aliphatic rings. The fourth-order valence-electron chi connectivity index (χ4n) is 1.55. The fourth-order valence-corrected chi connectivity index (χ4v) is 1.55. The number of carbonyl (C=O) groups is 1. The molecular weight excluding hydrogens is 256 g/mol. The van der Waals surface area contributed by atoms with Crippen LogP contribution in [0.25, 0.3) is 0 Å². The first-order valence-corrected chi connectivity index (χ1v) is 6.22. The van der Waals surface area contributed by atoms with Gasteiger partial charge in [0.05, 0.1) is 6.61 Å². The molecule has 0 spiro atoms. The lowest BCUT2D eigenvalue weighted by molar-refractivity contribution is 0.102. The first-order valence-electron chi connectivity index (χ1n) is 6.22.